The molecule has 0 aromatic rings. The Balaban J connectivity index is 0.000000261. The second-order valence-corrected chi connectivity index (χ2v) is 2.67. The second-order valence-electron chi connectivity index (χ2n) is 2.67. The van der Waals surface area contributed by atoms with Crippen molar-refractivity contribution in [1.82, 2.24) is 0 Å². The van der Waals surface area contributed by atoms with Gasteiger partial charge in [-0.25, -0.2) is 0 Å². The average Bonchev–Trinajstić information content (AvgIpc) is 1.94. The summed E-state index contributed by atoms with van der Waals surface area (Å²) in [5.41, 5.74) is 0. The molecule has 0 spiro atoms. The maximum atomic E-state index is 8.57. The monoisotopic (exact) mass is 180 g/mol. The topological polar surface area (TPSA) is 79.2 Å². The highest BCUT2D eigenvalue weighted by molar-refractivity contribution is 4.48. The number of ether oxygens (including phenoxy) is 2. The number of aliphatic hydroxyl groups excluding tert-OH is 3. The molecular formula is C7H16O5. The zero-order valence-electron chi connectivity index (χ0n) is 7.30. The van der Waals surface area contributed by atoms with Gasteiger partial charge in [-0.15, -0.1) is 0 Å². The van der Waals surface area contributed by atoms with Gasteiger partial charge in [0.05, 0.1) is 0 Å². The van der Waals surface area contributed by atoms with E-state index >= 15 is 0 Å². The lowest BCUT2D eigenvalue weighted by Crippen LogP contribution is -2.34. The molecule has 1 aliphatic heterocycles. The molecule has 0 radical (unpaired) electrons. The van der Waals surface area contributed by atoms with Crippen molar-refractivity contribution >= 4 is 0 Å². The van der Waals surface area contributed by atoms with Crippen LogP contribution in [0.2, 0.25) is 0 Å². The van der Waals surface area contributed by atoms with Crippen LogP contribution < -0.4 is 0 Å². The van der Waals surface area contributed by atoms with Crippen LogP contribution in [0.1, 0.15) is 13.8 Å². The van der Waals surface area contributed by atoms with Gasteiger partial charge in [-0.1, -0.05) is 0 Å². The van der Waals surface area contributed by atoms with Gasteiger partial charge < -0.3 is 24.8 Å². The van der Waals surface area contributed by atoms with Crippen LogP contribution >= 0.6 is 0 Å². The minimum atomic E-state index is -0.863. The van der Waals surface area contributed by atoms with E-state index in [0.29, 0.717) is 0 Å². The quantitative estimate of drug-likeness (QED) is 0.448. The van der Waals surface area contributed by atoms with E-state index in [1.807, 2.05) is 0 Å². The van der Waals surface area contributed by atoms with E-state index in [1.165, 1.54) is 0 Å². The van der Waals surface area contributed by atoms with E-state index in [2.05, 4.69) is 9.47 Å². The lowest BCUT2D eigenvalue weighted by atomic mass is 10.5. The molecule has 2 unspecified atom stereocenters. The van der Waals surface area contributed by atoms with E-state index in [-0.39, 0.29) is 19.3 Å². The molecule has 1 fully saturated rings. The van der Waals surface area contributed by atoms with Gasteiger partial charge >= 0.3 is 0 Å². The summed E-state index contributed by atoms with van der Waals surface area (Å²) in [6, 6.07) is 0. The Bertz CT molecular complexity index is 85.2. The standard InChI is InChI=1S/C4H8O4.C3H8O/c5-3-1-7-4(6)2-8-3;1-3(2)4/h3-6H,1-2H2;3-4H,1-2H3. The van der Waals surface area contributed by atoms with Crippen LogP contribution in [-0.2, 0) is 9.47 Å². The van der Waals surface area contributed by atoms with Crippen LogP contribution in [0.15, 0.2) is 0 Å². The average molecular weight is 180 g/mol. The van der Waals surface area contributed by atoms with Crippen molar-refractivity contribution in [3.05, 3.63) is 0 Å². The van der Waals surface area contributed by atoms with E-state index in [1.54, 1.807) is 13.8 Å². The van der Waals surface area contributed by atoms with Gasteiger partial charge in [-0.05, 0) is 13.8 Å². The Morgan fingerprint density at radius 3 is 1.50 bits per heavy atom. The molecule has 12 heavy (non-hydrogen) atoms. The van der Waals surface area contributed by atoms with E-state index < -0.39 is 12.6 Å². The van der Waals surface area contributed by atoms with E-state index in [0.717, 1.165) is 0 Å². The molecule has 5 nitrogen and oxygen atoms in total. The lowest BCUT2D eigenvalue weighted by molar-refractivity contribution is -0.263. The number of aliphatic hydroxyl groups is 3. The van der Waals surface area contributed by atoms with Gasteiger partial charge in [0.2, 0.25) is 0 Å². The highest BCUT2D eigenvalue weighted by Gasteiger charge is 2.16. The number of hydrogen-bond acceptors (Lipinski definition) is 5. The zero-order chi connectivity index (χ0) is 9.56. The second kappa shape index (κ2) is 6.33. The summed E-state index contributed by atoms with van der Waals surface area (Å²) >= 11 is 0. The third-order valence-corrected chi connectivity index (χ3v) is 0.862. The Morgan fingerprint density at radius 2 is 1.33 bits per heavy atom. The Kier molecular flexibility index (Phi) is 6.23. The lowest BCUT2D eigenvalue weighted by Gasteiger charge is -2.22. The van der Waals surface area contributed by atoms with E-state index in [4.69, 9.17) is 15.3 Å². The molecule has 0 bridgehead atoms. The molecule has 0 aromatic carbocycles. The molecule has 2 atom stereocenters. The summed E-state index contributed by atoms with van der Waals surface area (Å²) in [5, 5.41) is 25.2. The van der Waals surface area contributed by atoms with Crippen molar-refractivity contribution in [1.29, 1.82) is 0 Å². The summed E-state index contributed by atoms with van der Waals surface area (Å²) in [6.07, 6.45) is -1.89. The van der Waals surface area contributed by atoms with Crippen molar-refractivity contribution in [2.75, 3.05) is 13.2 Å². The predicted molar refractivity (Wildman–Crippen MR) is 41.3 cm³/mol. The molecule has 3 N–H and O–H groups in total. The fraction of sp³-hybridized carbons (Fsp3) is 1.00. The number of rotatable bonds is 0. The summed E-state index contributed by atoms with van der Waals surface area (Å²) in [5.74, 6) is 0. The third-order valence-electron chi connectivity index (χ3n) is 0.862. The highest BCUT2D eigenvalue weighted by Crippen LogP contribution is 2.00. The largest absolute Gasteiger partial charge is 0.394 e. The molecule has 1 aliphatic rings. The SMILES string of the molecule is CC(C)O.OC1COC(O)CO1. The first-order chi connectivity index (χ1) is 5.52. The van der Waals surface area contributed by atoms with Crippen LogP contribution in [0, 0.1) is 0 Å². The Labute approximate surface area is 71.5 Å². The van der Waals surface area contributed by atoms with Crippen molar-refractivity contribution < 1.29 is 24.8 Å². The maximum Gasteiger partial charge on any atom is 0.178 e. The van der Waals surface area contributed by atoms with Crippen molar-refractivity contribution in [3.8, 4) is 0 Å². The van der Waals surface area contributed by atoms with Crippen LogP contribution in [0.3, 0.4) is 0 Å². The van der Waals surface area contributed by atoms with Crippen LogP contribution in [-0.4, -0.2) is 47.2 Å². The Morgan fingerprint density at radius 1 is 1.08 bits per heavy atom. The minimum absolute atomic E-state index is 0.0567. The fourth-order valence-corrected chi connectivity index (χ4v) is 0.483. The normalized spacial score (nSPS) is 29.5. The molecule has 1 saturated heterocycles. The van der Waals surface area contributed by atoms with Gasteiger partial charge in [-0.2, -0.15) is 0 Å². The van der Waals surface area contributed by atoms with E-state index in [9.17, 15) is 0 Å². The minimum Gasteiger partial charge on any atom is -0.394 e. The molecule has 0 amide bonds. The molecule has 0 saturated carbocycles. The maximum absolute atomic E-state index is 8.57. The molecule has 0 aromatic heterocycles. The van der Waals surface area contributed by atoms with Crippen LogP contribution in [0.25, 0.3) is 0 Å². The first-order valence-corrected chi connectivity index (χ1v) is 3.79. The van der Waals surface area contributed by atoms with Crippen LogP contribution in [0.5, 0.6) is 0 Å². The number of hydrogen-bond donors (Lipinski definition) is 3. The summed E-state index contributed by atoms with van der Waals surface area (Å²) in [4.78, 5) is 0. The first-order valence-electron chi connectivity index (χ1n) is 3.79. The summed E-state index contributed by atoms with van der Waals surface area (Å²) < 4.78 is 9.14. The van der Waals surface area contributed by atoms with Crippen molar-refractivity contribution in [2.24, 2.45) is 0 Å². The molecule has 1 rings (SSSR count). The molecule has 74 valence electrons. The van der Waals surface area contributed by atoms with Gasteiger partial charge in [0.25, 0.3) is 0 Å². The molecular weight excluding hydrogens is 164 g/mol. The molecule has 1 heterocycles. The zero-order valence-corrected chi connectivity index (χ0v) is 7.30. The Hall–Kier alpha value is -0.200. The third kappa shape index (κ3) is 7.90. The van der Waals surface area contributed by atoms with Gasteiger partial charge in [0.15, 0.2) is 12.6 Å². The molecule has 0 aliphatic carbocycles. The van der Waals surface area contributed by atoms with Gasteiger partial charge in [-0.3, -0.25) is 0 Å². The summed E-state index contributed by atoms with van der Waals surface area (Å²) in [7, 11) is 0. The summed E-state index contributed by atoms with van der Waals surface area (Å²) in [6.45, 7) is 3.56. The van der Waals surface area contributed by atoms with Gasteiger partial charge in [0, 0.05) is 6.10 Å². The smallest absolute Gasteiger partial charge is 0.178 e. The predicted octanol–water partition coefficient (Wildman–Crippen LogP) is -0.943. The van der Waals surface area contributed by atoms with Crippen molar-refractivity contribution in [3.63, 3.8) is 0 Å². The van der Waals surface area contributed by atoms with Gasteiger partial charge in [0.1, 0.15) is 13.2 Å². The van der Waals surface area contributed by atoms with Crippen molar-refractivity contribution in [2.45, 2.75) is 32.5 Å². The van der Waals surface area contributed by atoms with Crippen LogP contribution in [0.4, 0.5) is 0 Å². The molecule has 5 heteroatoms. The highest BCUT2D eigenvalue weighted by atomic mass is 16.7. The first kappa shape index (κ1) is 11.8. The fourth-order valence-electron chi connectivity index (χ4n) is 0.483.